The number of aromatic hydroxyl groups is 1. The fourth-order valence-electron chi connectivity index (χ4n) is 4.80. The summed E-state index contributed by atoms with van der Waals surface area (Å²) in [4.78, 5) is 40.1. The highest BCUT2D eigenvalue weighted by atomic mass is 19.1. The first-order valence-electron chi connectivity index (χ1n) is 10.8. The number of piperidine rings is 1. The van der Waals surface area contributed by atoms with Gasteiger partial charge in [0, 0.05) is 37.5 Å². The first-order valence-corrected chi connectivity index (χ1v) is 10.8. The summed E-state index contributed by atoms with van der Waals surface area (Å²) < 4.78 is 28.4. The van der Waals surface area contributed by atoms with Gasteiger partial charge in [0.25, 0.3) is 11.8 Å². The maximum Gasteiger partial charge on any atom is 0.274 e. The van der Waals surface area contributed by atoms with Crippen molar-refractivity contribution in [2.45, 2.75) is 51.7 Å². The SMILES string of the molecule is CCCC1CCCN2C(=O)c3c(O)c(=O)c(C(=O)NCc4ccc(F)cc4F)cn3C[C@H]12. The predicted octanol–water partition coefficient (Wildman–Crippen LogP) is 2.80. The molecule has 0 saturated carbocycles. The van der Waals surface area contributed by atoms with Gasteiger partial charge in [0.05, 0.1) is 6.04 Å². The van der Waals surface area contributed by atoms with Crippen molar-refractivity contribution in [3.8, 4) is 5.75 Å². The molecule has 2 atom stereocenters. The van der Waals surface area contributed by atoms with Gasteiger partial charge >= 0.3 is 0 Å². The number of aromatic nitrogens is 1. The maximum absolute atomic E-state index is 13.8. The van der Waals surface area contributed by atoms with E-state index in [-0.39, 0.29) is 29.4 Å². The molecule has 2 amide bonds. The van der Waals surface area contributed by atoms with Crippen molar-refractivity contribution in [3.63, 3.8) is 0 Å². The van der Waals surface area contributed by atoms with Crippen LogP contribution in [0.15, 0.2) is 29.2 Å². The van der Waals surface area contributed by atoms with Gasteiger partial charge in [0.1, 0.15) is 17.2 Å². The maximum atomic E-state index is 13.8. The number of carbonyl (C=O) groups is 2. The van der Waals surface area contributed by atoms with Crippen LogP contribution >= 0.6 is 0 Å². The smallest absolute Gasteiger partial charge is 0.274 e. The highest BCUT2D eigenvalue weighted by Gasteiger charge is 2.41. The molecule has 1 unspecified atom stereocenters. The van der Waals surface area contributed by atoms with E-state index in [0.29, 0.717) is 25.1 Å². The molecule has 0 radical (unpaired) electrons. The molecule has 2 aliphatic heterocycles. The molecule has 1 fully saturated rings. The summed E-state index contributed by atoms with van der Waals surface area (Å²) in [5.74, 6) is -3.22. The molecule has 0 bridgehead atoms. The van der Waals surface area contributed by atoms with E-state index in [2.05, 4.69) is 12.2 Å². The fraction of sp³-hybridized carbons (Fsp3) is 0.435. The third-order valence-electron chi connectivity index (χ3n) is 6.38. The van der Waals surface area contributed by atoms with Crippen LogP contribution in [0.2, 0.25) is 0 Å². The van der Waals surface area contributed by atoms with Crippen LogP contribution in [0.4, 0.5) is 8.78 Å². The van der Waals surface area contributed by atoms with Gasteiger partial charge in [-0.2, -0.15) is 0 Å². The number of hydrogen-bond donors (Lipinski definition) is 2. The summed E-state index contributed by atoms with van der Waals surface area (Å²) in [5, 5.41) is 12.9. The number of amides is 2. The average molecular weight is 445 g/mol. The van der Waals surface area contributed by atoms with Crippen LogP contribution in [0.25, 0.3) is 0 Å². The Hall–Kier alpha value is -3.23. The molecular formula is C23H25F2N3O4. The van der Waals surface area contributed by atoms with E-state index >= 15 is 0 Å². The summed E-state index contributed by atoms with van der Waals surface area (Å²) in [6, 6.07) is 2.91. The van der Waals surface area contributed by atoms with Gasteiger partial charge < -0.3 is 19.9 Å². The molecule has 2 N–H and O–H groups in total. The molecule has 7 nitrogen and oxygen atoms in total. The molecule has 4 rings (SSSR count). The highest BCUT2D eigenvalue weighted by molar-refractivity contribution is 5.99. The Labute approximate surface area is 183 Å². The van der Waals surface area contributed by atoms with Crippen LogP contribution in [-0.2, 0) is 13.1 Å². The summed E-state index contributed by atoms with van der Waals surface area (Å²) in [6.07, 6.45) is 5.12. The van der Waals surface area contributed by atoms with Crippen LogP contribution in [0.1, 0.15) is 59.0 Å². The van der Waals surface area contributed by atoms with Gasteiger partial charge in [-0.3, -0.25) is 14.4 Å². The van der Waals surface area contributed by atoms with E-state index in [1.165, 1.54) is 16.8 Å². The zero-order chi connectivity index (χ0) is 23.0. The third kappa shape index (κ3) is 3.87. The normalized spacial score (nSPS) is 20.0. The molecule has 1 aromatic heterocycles. The molecule has 1 saturated heterocycles. The average Bonchev–Trinajstić information content (AvgIpc) is 2.76. The Bertz CT molecular complexity index is 1130. The van der Waals surface area contributed by atoms with Crippen molar-refractivity contribution in [1.82, 2.24) is 14.8 Å². The van der Waals surface area contributed by atoms with Crippen molar-refractivity contribution in [2.75, 3.05) is 6.54 Å². The quantitative estimate of drug-likeness (QED) is 0.741. The standard InChI is InChI=1S/C23H25F2N3O4/c1-2-4-13-5-3-8-28-18(13)12-27-11-16(20(29)21(30)19(27)23(28)32)22(31)26-10-14-6-7-15(24)9-17(14)25/h6-7,9,11,13,18,30H,2-5,8,10,12H2,1H3,(H,26,31)/t13?,18-/m1/s1. The second kappa shape index (κ2) is 8.72. The molecule has 0 aliphatic carbocycles. The zero-order valence-corrected chi connectivity index (χ0v) is 17.7. The summed E-state index contributed by atoms with van der Waals surface area (Å²) in [5.41, 5.74) is -1.35. The van der Waals surface area contributed by atoms with Crippen molar-refractivity contribution >= 4 is 11.8 Å². The Morgan fingerprint density at radius 3 is 2.78 bits per heavy atom. The minimum Gasteiger partial charge on any atom is -0.503 e. The third-order valence-corrected chi connectivity index (χ3v) is 6.38. The second-order valence-corrected chi connectivity index (χ2v) is 8.40. The molecule has 2 aromatic rings. The molecule has 0 spiro atoms. The van der Waals surface area contributed by atoms with Gasteiger partial charge in [0.15, 0.2) is 11.4 Å². The van der Waals surface area contributed by atoms with Gasteiger partial charge in [0.2, 0.25) is 5.43 Å². The first kappa shape index (κ1) is 22.0. The lowest BCUT2D eigenvalue weighted by Gasteiger charge is -2.45. The minimum atomic E-state index is -0.956. The molecule has 170 valence electrons. The molecular weight excluding hydrogens is 420 g/mol. The lowest BCUT2D eigenvalue weighted by molar-refractivity contribution is 0.0340. The van der Waals surface area contributed by atoms with Crippen LogP contribution in [0, 0.1) is 17.6 Å². The number of hydrogen-bond acceptors (Lipinski definition) is 4. The van der Waals surface area contributed by atoms with Crippen molar-refractivity contribution in [1.29, 1.82) is 0 Å². The van der Waals surface area contributed by atoms with Crippen LogP contribution in [-0.4, -0.2) is 39.0 Å². The summed E-state index contributed by atoms with van der Waals surface area (Å²) >= 11 is 0. The van der Waals surface area contributed by atoms with E-state index in [9.17, 15) is 28.3 Å². The van der Waals surface area contributed by atoms with Crippen molar-refractivity contribution in [3.05, 3.63) is 63.1 Å². The number of benzene rings is 1. The first-order chi connectivity index (χ1) is 15.3. The highest BCUT2D eigenvalue weighted by Crippen LogP contribution is 2.34. The van der Waals surface area contributed by atoms with E-state index in [1.54, 1.807) is 4.90 Å². The van der Waals surface area contributed by atoms with Crippen LogP contribution in [0.5, 0.6) is 5.75 Å². The molecule has 9 heteroatoms. The van der Waals surface area contributed by atoms with Gasteiger partial charge in [-0.25, -0.2) is 8.78 Å². The van der Waals surface area contributed by atoms with E-state index in [0.717, 1.165) is 31.7 Å². The molecule has 1 aromatic carbocycles. The van der Waals surface area contributed by atoms with E-state index < -0.39 is 34.6 Å². The van der Waals surface area contributed by atoms with Crippen LogP contribution in [0.3, 0.4) is 0 Å². The Morgan fingerprint density at radius 2 is 2.06 bits per heavy atom. The number of pyridine rings is 1. The van der Waals surface area contributed by atoms with E-state index in [1.807, 2.05) is 0 Å². The Morgan fingerprint density at radius 1 is 1.28 bits per heavy atom. The number of rotatable bonds is 5. The molecule has 3 heterocycles. The van der Waals surface area contributed by atoms with Crippen molar-refractivity contribution < 1.29 is 23.5 Å². The monoisotopic (exact) mass is 445 g/mol. The number of fused-ring (bicyclic) bond motifs is 2. The lowest BCUT2D eigenvalue weighted by atomic mass is 9.84. The Balaban J connectivity index is 1.62. The minimum absolute atomic E-state index is 0.0532. The number of carbonyl (C=O) groups excluding carboxylic acids is 2. The topological polar surface area (TPSA) is 91.6 Å². The predicted molar refractivity (Wildman–Crippen MR) is 112 cm³/mol. The zero-order valence-electron chi connectivity index (χ0n) is 17.7. The van der Waals surface area contributed by atoms with Crippen LogP contribution < -0.4 is 10.7 Å². The van der Waals surface area contributed by atoms with E-state index in [4.69, 9.17) is 0 Å². The number of halogens is 2. The molecule has 2 aliphatic rings. The fourth-order valence-corrected chi connectivity index (χ4v) is 4.80. The van der Waals surface area contributed by atoms with Gasteiger partial charge in [-0.05, 0) is 31.2 Å². The van der Waals surface area contributed by atoms with Crippen molar-refractivity contribution in [2.24, 2.45) is 5.92 Å². The number of nitrogens with zero attached hydrogens (tertiary/aromatic N) is 2. The molecule has 32 heavy (non-hydrogen) atoms. The number of nitrogens with one attached hydrogen (secondary N) is 1. The Kier molecular flexibility index (Phi) is 5.99. The summed E-state index contributed by atoms with van der Waals surface area (Å²) in [7, 11) is 0. The second-order valence-electron chi connectivity index (χ2n) is 8.40. The summed E-state index contributed by atoms with van der Waals surface area (Å²) in [6.45, 7) is 2.78. The van der Waals surface area contributed by atoms with Gasteiger partial charge in [-0.1, -0.05) is 19.4 Å². The lowest BCUT2D eigenvalue weighted by Crippen LogP contribution is -2.55. The largest absolute Gasteiger partial charge is 0.503 e. The van der Waals surface area contributed by atoms with Gasteiger partial charge in [-0.15, -0.1) is 0 Å².